The summed E-state index contributed by atoms with van der Waals surface area (Å²) < 4.78 is 0. The smallest absolute Gasteiger partial charge is 0.317 e. The summed E-state index contributed by atoms with van der Waals surface area (Å²) in [6, 6.07) is 15.5. The lowest BCUT2D eigenvalue weighted by molar-refractivity contribution is -0.115. The molecule has 2 aromatic heterocycles. The largest absolute Gasteiger partial charge is 0.353 e. The number of carbonyl (C=O) groups is 2. The van der Waals surface area contributed by atoms with Gasteiger partial charge < -0.3 is 15.1 Å². The number of nitrogens with zero attached hydrogens (tertiary/aromatic N) is 5. The van der Waals surface area contributed by atoms with Gasteiger partial charge >= 0.3 is 6.03 Å². The van der Waals surface area contributed by atoms with Crippen LogP contribution in [0.1, 0.15) is 10.6 Å². The van der Waals surface area contributed by atoms with E-state index in [9.17, 15) is 9.59 Å². The number of rotatable bonds is 6. The molecule has 31 heavy (non-hydrogen) atoms. The second-order valence-corrected chi connectivity index (χ2v) is 8.09. The summed E-state index contributed by atoms with van der Waals surface area (Å²) in [5.41, 5.74) is 1.13. The molecule has 1 aliphatic rings. The van der Waals surface area contributed by atoms with Crippen molar-refractivity contribution < 1.29 is 9.59 Å². The summed E-state index contributed by atoms with van der Waals surface area (Å²) in [6.07, 6.45) is 2.42. The Kier molecular flexibility index (Phi) is 6.68. The van der Waals surface area contributed by atoms with Gasteiger partial charge in [-0.1, -0.05) is 47.7 Å². The summed E-state index contributed by atoms with van der Waals surface area (Å²) in [4.78, 5) is 32.7. The van der Waals surface area contributed by atoms with Crippen molar-refractivity contribution >= 4 is 34.2 Å². The maximum Gasteiger partial charge on any atom is 0.317 e. The predicted octanol–water partition coefficient (Wildman–Crippen LogP) is 1.99. The number of benzene rings is 1. The molecule has 0 saturated carbocycles. The SMILES string of the molecule is O=C(CNC(=O)N1CCN(c2ccccn2)CC1)Nc1nnc(Cc2ccccc2)s1. The van der Waals surface area contributed by atoms with Gasteiger partial charge in [0, 0.05) is 38.8 Å². The highest BCUT2D eigenvalue weighted by atomic mass is 32.1. The normalized spacial score (nSPS) is 13.7. The van der Waals surface area contributed by atoms with Gasteiger partial charge in [-0.15, -0.1) is 10.2 Å². The van der Waals surface area contributed by atoms with Gasteiger partial charge in [-0.3, -0.25) is 10.1 Å². The molecule has 9 nitrogen and oxygen atoms in total. The van der Waals surface area contributed by atoms with Crippen LogP contribution in [0.5, 0.6) is 0 Å². The molecule has 2 N–H and O–H groups in total. The zero-order chi connectivity index (χ0) is 21.5. The molecule has 0 aliphatic carbocycles. The number of nitrogens with one attached hydrogen (secondary N) is 2. The van der Waals surface area contributed by atoms with Crippen molar-refractivity contribution in [3.63, 3.8) is 0 Å². The molecule has 160 valence electrons. The number of pyridine rings is 1. The third-order valence-electron chi connectivity index (χ3n) is 4.85. The van der Waals surface area contributed by atoms with E-state index in [1.165, 1.54) is 11.3 Å². The third-order valence-corrected chi connectivity index (χ3v) is 5.69. The van der Waals surface area contributed by atoms with E-state index in [2.05, 4.69) is 30.7 Å². The fraction of sp³-hybridized carbons (Fsp3) is 0.286. The molecule has 4 rings (SSSR count). The van der Waals surface area contributed by atoms with Crippen molar-refractivity contribution in [2.24, 2.45) is 0 Å². The number of hydrogen-bond acceptors (Lipinski definition) is 7. The first kappa shape index (κ1) is 20.7. The van der Waals surface area contributed by atoms with Crippen LogP contribution < -0.4 is 15.5 Å². The Morgan fingerprint density at radius 2 is 1.74 bits per heavy atom. The Bertz CT molecular complexity index is 1000. The van der Waals surface area contributed by atoms with Gasteiger partial charge in [0.1, 0.15) is 10.8 Å². The second kappa shape index (κ2) is 9.98. The minimum absolute atomic E-state index is 0.118. The summed E-state index contributed by atoms with van der Waals surface area (Å²) in [6.45, 7) is 2.43. The zero-order valence-electron chi connectivity index (χ0n) is 16.9. The number of urea groups is 1. The van der Waals surface area contributed by atoms with E-state index in [-0.39, 0.29) is 18.5 Å². The Morgan fingerprint density at radius 3 is 2.48 bits per heavy atom. The fourth-order valence-electron chi connectivity index (χ4n) is 3.26. The maximum atomic E-state index is 12.4. The first-order chi connectivity index (χ1) is 15.2. The third kappa shape index (κ3) is 5.76. The Morgan fingerprint density at radius 1 is 0.968 bits per heavy atom. The highest BCUT2D eigenvalue weighted by molar-refractivity contribution is 7.15. The van der Waals surface area contributed by atoms with Crippen LogP contribution in [0, 0.1) is 0 Å². The Labute approximate surface area is 184 Å². The van der Waals surface area contributed by atoms with E-state index < -0.39 is 0 Å². The first-order valence-corrected chi connectivity index (χ1v) is 10.8. The molecule has 0 atom stereocenters. The van der Waals surface area contributed by atoms with E-state index in [1.807, 2.05) is 48.5 Å². The molecular weight excluding hydrogens is 414 g/mol. The lowest BCUT2D eigenvalue weighted by Gasteiger charge is -2.35. The molecule has 3 aromatic rings. The van der Waals surface area contributed by atoms with E-state index in [4.69, 9.17) is 0 Å². The topological polar surface area (TPSA) is 103 Å². The lowest BCUT2D eigenvalue weighted by Crippen LogP contribution is -2.52. The van der Waals surface area contributed by atoms with Crippen LogP contribution in [0.2, 0.25) is 0 Å². The minimum Gasteiger partial charge on any atom is -0.353 e. The van der Waals surface area contributed by atoms with Crippen molar-refractivity contribution in [2.75, 3.05) is 42.9 Å². The molecule has 3 amide bonds. The summed E-state index contributed by atoms with van der Waals surface area (Å²) in [5, 5.41) is 14.7. The quantitative estimate of drug-likeness (QED) is 0.611. The molecule has 0 spiro atoms. The Balaban J connectivity index is 1.19. The van der Waals surface area contributed by atoms with E-state index >= 15 is 0 Å². The summed E-state index contributed by atoms with van der Waals surface area (Å²) in [7, 11) is 0. The zero-order valence-corrected chi connectivity index (χ0v) is 17.7. The van der Waals surface area contributed by atoms with Gasteiger partial charge in [0.15, 0.2) is 0 Å². The molecule has 1 fully saturated rings. The van der Waals surface area contributed by atoms with Crippen molar-refractivity contribution in [1.82, 2.24) is 25.4 Å². The van der Waals surface area contributed by atoms with Crippen LogP contribution in [0.3, 0.4) is 0 Å². The molecule has 1 aromatic carbocycles. The van der Waals surface area contributed by atoms with Crippen molar-refractivity contribution in [1.29, 1.82) is 0 Å². The number of piperazine rings is 1. The van der Waals surface area contributed by atoms with Gasteiger partial charge in [-0.2, -0.15) is 0 Å². The molecule has 10 heteroatoms. The molecule has 0 radical (unpaired) electrons. The predicted molar refractivity (Wildman–Crippen MR) is 119 cm³/mol. The van der Waals surface area contributed by atoms with Crippen LogP contribution in [-0.2, 0) is 11.2 Å². The minimum atomic E-state index is -0.331. The van der Waals surface area contributed by atoms with Crippen molar-refractivity contribution in [3.8, 4) is 0 Å². The van der Waals surface area contributed by atoms with Gasteiger partial charge in [-0.25, -0.2) is 9.78 Å². The molecule has 1 saturated heterocycles. The number of amides is 3. The van der Waals surface area contributed by atoms with Crippen LogP contribution in [0.25, 0.3) is 0 Å². The van der Waals surface area contributed by atoms with Gasteiger partial charge in [-0.05, 0) is 17.7 Å². The van der Waals surface area contributed by atoms with Gasteiger partial charge in [0.05, 0.1) is 6.54 Å². The van der Waals surface area contributed by atoms with E-state index in [0.717, 1.165) is 16.4 Å². The van der Waals surface area contributed by atoms with Crippen LogP contribution in [-0.4, -0.2) is 64.7 Å². The number of aromatic nitrogens is 3. The highest BCUT2D eigenvalue weighted by Gasteiger charge is 2.22. The fourth-order valence-corrected chi connectivity index (χ4v) is 4.05. The van der Waals surface area contributed by atoms with Crippen molar-refractivity contribution in [2.45, 2.75) is 6.42 Å². The average Bonchev–Trinajstić information content (AvgIpc) is 3.25. The number of hydrogen-bond donors (Lipinski definition) is 2. The monoisotopic (exact) mass is 437 g/mol. The standard InChI is InChI=1S/C21H23N7O2S/c29-18(24-20-26-25-19(31-20)14-16-6-2-1-3-7-16)15-23-21(30)28-12-10-27(11-13-28)17-8-4-5-9-22-17/h1-9H,10-15H2,(H,23,30)(H,24,26,29). The van der Waals surface area contributed by atoms with Gasteiger partial charge in [0.25, 0.3) is 0 Å². The van der Waals surface area contributed by atoms with E-state index in [0.29, 0.717) is 37.7 Å². The summed E-state index contributed by atoms with van der Waals surface area (Å²) in [5.74, 6) is 0.577. The molecular formula is C21H23N7O2S. The van der Waals surface area contributed by atoms with E-state index in [1.54, 1.807) is 11.1 Å². The number of carbonyl (C=O) groups excluding carboxylic acids is 2. The summed E-state index contributed by atoms with van der Waals surface area (Å²) >= 11 is 1.33. The second-order valence-electron chi connectivity index (χ2n) is 7.03. The molecule has 0 unspecified atom stereocenters. The Hall–Kier alpha value is -3.53. The lowest BCUT2D eigenvalue weighted by atomic mass is 10.2. The number of anilines is 2. The molecule has 0 bridgehead atoms. The first-order valence-electron chi connectivity index (χ1n) is 10.0. The van der Waals surface area contributed by atoms with Crippen LogP contribution in [0.4, 0.5) is 15.7 Å². The maximum absolute atomic E-state index is 12.4. The molecule has 3 heterocycles. The average molecular weight is 438 g/mol. The van der Waals surface area contributed by atoms with Crippen molar-refractivity contribution in [3.05, 3.63) is 65.3 Å². The highest BCUT2D eigenvalue weighted by Crippen LogP contribution is 2.18. The van der Waals surface area contributed by atoms with Crippen LogP contribution in [0.15, 0.2) is 54.7 Å². The van der Waals surface area contributed by atoms with Gasteiger partial charge in [0.2, 0.25) is 11.0 Å². The van der Waals surface area contributed by atoms with Crippen LogP contribution >= 0.6 is 11.3 Å². The molecule has 1 aliphatic heterocycles.